The van der Waals surface area contributed by atoms with E-state index in [2.05, 4.69) is 10.6 Å². The van der Waals surface area contributed by atoms with E-state index in [9.17, 15) is 9.59 Å². The fraction of sp³-hybridized carbons (Fsp3) is 0.294. The van der Waals surface area contributed by atoms with Crippen molar-refractivity contribution in [2.24, 2.45) is 0 Å². The van der Waals surface area contributed by atoms with Crippen LogP contribution in [0.3, 0.4) is 0 Å². The minimum absolute atomic E-state index is 0.134. The number of nitrogens with zero attached hydrogens (tertiary/aromatic N) is 1. The fourth-order valence-electron chi connectivity index (χ4n) is 2.18. The smallest absolute Gasteiger partial charge is 0.274 e. The van der Waals surface area contributed by atoms with Crippen LogP contribution in [0.15, 0.2) is 53.5 Å². The molecule has 1 aromatic carbocycles. The molecule has 116 valence electrons. The first-order chi connectivity index (χ1) is 10.7. The van der Waals surface area contributed by atoms with Crippen LogP contribution < -0.4 is 16.2 Å². The molecule has 2 aromatic rings. The van der Waals surface area contributed by atoms with Crippen molar-refractivity contribution in [2.45, 2.75) is 19.4 Å². The zero-order chi connectivity index (χ0) is 15.8. The molecule has 2 N–H and O–H groups in total. The summed E-state index contributed by atoms with van der Waals surface area (Å²) >= 11 is 0. The lowest BCUT2D eigenvalue weighted by Gasteiger charge is -2.09. The van der Waals surface area contributed by atoms with E-state index >= 15 is 0 Å². The number of amides is 1. The van der Waals surface area contributed by atoms with Gasteiger partial charge < -0.3 is 15.2 Å². The minimum Gasteiger partial charge on any atom is -0.321 e. The van der Waals surface area contributed by atoms with Gasteiger partial charge in [0.25, 0.3) is 5.56 Å². The molecule has 1 aromatic heterocycles. The molecule has 0 atom stereocenters. The number of anilines is 1. The number of hydrogen-bond acceptors (Lipinski definition) is 3. The molecule has 0 aliphatic carbocycles. The predicted octanol–water partition coefficient (Wildman–Crippen LogP) is 1.83. The fourth-order valence-corrected chi connectivity index (χ4v) is 2.18. The molecule has 0 fully saturated rings. The summed E-state index contributed by atoms with van der Waals surface area (Å²) in [6.07, 6.45) is 2.87. The molecule has 0 saturated carbocycles. The van der Waals surface area contributed by atoms with E-state index in [1.807, 2.05) is 37.4 Å². The maximum Gasteiger partial charge on any atom is 0.274 e. The Hall–Kier alpha value is -2.40. The van der Waals surface area contributed by atoms with Gasteiger partial charge in [-0.1, -0.05) is 30.3 Å². The molecular formula is C17H21N3O2. The number of hydrogen-bond donors (Lipinski definition) is 2. The Labute approximate surface area is 130 Å². The van der Waals surface area contributed by atoms with E-state index < -0.39 is 0 Å². The van der Waals surface area contributed by atoms with Gasteiger partial charge in [-0.2, -0.15) is 0 Å². The first kappa shape index (κ1) is 16.0. The van der Waals surface area contributed by atoms with Crippen molar-refractivity contribution >= 4 is 11.6 Å². The van der Waals surface area contributed by atoms with Crippen LogP contribution in [0.2, 0.25) is 0 Å². The predicted molar refractivity (Wildman–Crippen MR) is 88.0 cm³/mol. The van der Waals surface area contributed by atoms with Gasteiger partial charge in [0.15, 0.2) is 0 Å². The van der Waals surface area contributed by atoms with Gasteiger partial charge in [0.2, 0.25) is 5.91 Å². The number of aromatic nitrogens is 1. The van der Waals surface area contributed by atoms with E-state index in [0.29, 0.717) is 18.7 Å². The summed E-state index contributed by atoms with van der Waals surface area (Å²) in [6.45, 7) is 1.27. The van der Waals surface area contributed by atoms with Crippen molar-refractivity contribution in [2.75, 3.05) is 18.9 Å². The number of pyridine rings is 1. The second kappa shape index (κ2) is 8.14. The molecule has 0 aliphatic rings. The number of carbonyl (C=O) groups excluding carboxylic acids is 1. The van der Waals surface area contributed by atoms with Crippen LogP contribution in [-0.2, 0) is 11.3 Å². The van der Waals surface area contributed by atoms with E-state index in [4.69, 9.17) is 0 Å². The summed E-state index contributed by atoms with van der Waals surface area (Å²) in [5.74, 6) is -0.134. The maximum absolute atomic E-state index is 12.4. The lowest BCUT2D eigenvalue weighted by Crippen LogP contribution is -2.26. The Balaban J connectivity index is 2.06. The zero-order valence-corrected chi connectivity index (χ0v) is 12.7. The van der Waals surface area contributed by atoms with Crippen LogP contribution >= 0.6 is 0 Å². The van der Waals surface area contributed by atoms with Gasteiger partial charge in [-0.15, -0.1) is 0 Å². The Morgan fingerprint density at radius 2 is 1.91 bits per heavy atom. The highest BCUT2D eigenvalue weighted by atomic mass is 16.2. The van der Waals surface area contributed by atoms with Crippen molar-refractivity contribution in [3.8, 4) is 0 Å². The van der Waals surface area contributed by atoms with E-state index in [1.165, 1.54) is 0 Å². The number of rotatable bonds is 7. The molecule has 2 rings (SSSR count). The van der Waals surface area contributed by atoms with Crippen LogP contribution in [-0.4, -0.2) is 24.1 Å². The second-order valence-corrected chi connectivity index (χ2v) is 5.10. The van der Waals surface area contributed by atoms with Gasteiger partial charge >= 0.3 is 0 Å². The topological polar surface area (TPSA) is 63.1 Å². The Kier molecular flexibility index (Phi) is 5.91. The Morgan fingerprint density at radius 3 is 2.64 bits per heavy atom. The molecule has 0 unspecified atom stereocenters. The third-order valence-corrected chi connectivity index (χ3v) is 3.32. The molecule has 1 amide bonds. The molecular weight excluding hydrogens is 278 g/mol. The van der Waals surface area contributed by atoms with E-state index in [1.54, 1.807) is 22.9 Å². The summed E-state index contributed by atoms with van der Waals surface area (Å²) < 4.78 is 1.60. The monoisotopic (exact) mass is 299 g/mol. The quantitative estimate of drug-likeness (QED) is 0.767. The van der Waals surface area contributed by atoms with Crippen molar-refractivity contribution in [3.63, 3.8) is 0 Å². The van der Waals surface area contributed by atoms with Gasteiger partial charge in [0, 0.05) is 12.6 Å². The van der Waals surface area contributed by atoms with Crippen LogP contribution in [0.1, 0.15) is 18.4 Å². The summed E-state index contributed by atoms with van der Waals surface area (Å²) in [5, 5.41) is 5.68. The zero-order valence-electron chi connectivity index (χ0n) is 12.7. The number of nitrogens with one attached hydrogen (secondary N) is 2. The number of carbonyl (C=O) groups is 1. The second-order valence-electron chi connectivity index (χ2n) is 5.10. The largest absolute Gasteiger partial charge is 0.321 e. The SMILES string of the molecule is CNCCCC(=O)Nc1cccn(Cc2ccccc2)c1=O. The van der Waals surface area contributed by atoms with Gasteiger partial charge in [0.1, 0.15) is 5.69 Å². The molecule has 0 spiro atoms. The van der Waals surface area contributed by atoms with Gasteiger partial charge in [-0.3, -0.25) is 9.59 Å². The normalized spacial score (nSPS) is 10.4. The standard InChI is InChI=1S/C17H21N3O2/c1-18-11-5-10-16(21)19-15-9-6-12-20(17(15)22)13-14-7-3-2-4-8-14/h2-4,6-9,12,18H,5,10-11,13H2,1H3,(H,19,21). The van der Waals surface area contributed by atoms with Crippen LogP contribution in [0.5, 0.6) is 0 Å². The average Bonchev–Trinajstić information content (AvgIpc) is 2.52. The Morgan fingerprint density at radius 1 is 1.14 bits per heavy atom. The van der Waals surface area contributed by atoms with Gasteiger partial charge in [0.05, 0.1) is 6.54 Å². The Bertz CT molecular complexity index is 665. The maximum atomic E-state index is 12.4. The van der Waals surface area contributed by atoms with Gasteiger partial charge in [-0.25, -0.2) is 0 Å². The highest BCUT2D eigenvalue weighted by Gasteiger charge is 2.07. The first-order valence-corrected chi connectivity index (χ1v) is 7.38. The minimum atomic E-state index is -0.187. The molecule has 1 heterocycles. The molecule has 5 heteroatoms. The van der Waals surface area contributed by atoms with E-state index in [0.717, 1.165) is 18.5 Å². The lowest BCUT2D eigenvalue weighted by atomic mass is 10.2. The van der Waals surface area contributed by atoms with Crippen LogP contribution in [0.4, 0.5) is 5.69 Å². The highest BCUT2D eigenvalue weighted by molar-refractivity contribution is 5.90. The molecule has 22 heavy (non-hydrogen) atoms. The summed E-state index contributed by atoms with van der Waals surface area (Å²) in [5.41, 5.74) is 1.18. The summed E-state index contributed by atoms with van der Waals surface area (Å²) in [6, 6.07) is 13.2. The van der Waals surface area contributed by atoms with Crippen LogP contribution in [0.25, 0.3) is 0 Å². The molecule has 5 nitrogen and oxygen atoms in total. The summed E-state index contributed by atoms with van der Waals surface area (Å²) in [4.78, 5) is 24.2. The van der Waals surface area contributed by atoms with Crippen molar-refractivity contribution < 1.29 is 4.79 Å². The highest BCUT2D eigenvalue weighted by Crippen LogP contribution is 2.04. The number of benzene rings is 1. The first-order valence-electron chi connectivity index (χ1n) is 7.38. The van der Waals surface area contributed by atoms with Gasteiger partial charge in [-0.05, 0) is 37.7 Å². The third kappa shape index (κ3) is 4.56. The summed E-state index contributed by atoms with van der Waals surface area (Å²) in [7, 11) is 1.84. The van der Waals surface area contributed by atoms with E-state index in [-0.39, 0.29) is 11.5 Å². The van der Waals surface area contributed by atoms with Crippen LogP contribution in [0, 0.1) is 0 Å². The molecule has 0 bridgehead atoms. The molecule has 0 saturated heterocycles. The third-order valence-electron chi connectivity index (χ3n) is 3.32. The molecule has 0 aliphatic heterocycles. The molecule has 0 radical (unpaired) electrons. The van der Waals surface area contributed by atoms with Crippen molar-refractivity contribution in [1.29, 1.82) is 0 Å². The van der Waals surface area contributed by atoms with Crippen molar-refractivity contribution in [3.05, 3.63) is 64.6 Å². The van der Waals surface area contributed by atoms with Crippen molar-refractivity contribution in [1.82, 2.24) is 9.88 Å². The average molecular weight is 299 g/mol. The lowest BCUT2D eigenvalue weighted by molar-refractivity contribution is -0.116.